The van der Waals surface area contributed by atoms with Gasteiger partial charge in [-0.2, -0.15) is 0 Å². The van der Waals surface area contributed by atoms with Crippen molar-refractivity contribution < 1.29 is 4.74 Å². The van der Waals surface area contributed by atoms with Crippen molar-refractivity contribution in [1.82, 2.24) is 9.97 Å². The summed E-state index contributed by atoms with van der Waals surface area (Å²) in [4.78, 5) is 8.63. The maximum atomic E-state index is 6.26. The number of hydrogen-bond donors (Lipinski definition) is 0. The van der Waals surface area contributed by atoms with Crippen molar-refractivity contribution in [1.29, 1.82) is 0 Å². The highest BCUT2D eigenvalue weighted by Crippen LogP contribution is 2.27. The molecular weight excluding hydrogens is 296 g/mol. The van der Waals surface area contributed by atoms with Crippen LogP contribution in [0.4, 0.5) is 0 Å². The van der Waals surface area contributed by atoms with E-state index in [0.717, 1.165) is 23.4 Å². The summed E-state index contributed by atoms with van der Waals surface area (Å²) in [7, 11) is 0. The third-order valence-electron chi connectivity index (χ3n) is 3.40. The second-order valence-electron chi connectivity index (χ2n) is 6.22. The molecule has 0 aliphatic heterocycles. The van der Waals surface area contributed by atoms with Crippen molar-refractivity contribution in [2.75, 3.05) is 6.61 Å². The van der Waals surface area contributed by atoms with Crippen LogP contribution in [0, 0.1) is 18.8 Å². The molecule has 1 atom stereocenters. The molecule has 0 N–H and O–H groups in total. The Hall–Kier alpha value is -1.61. The van der Waals surface area contributed by atoms with Gasteiger partial charge in [-0.1, -0.05) is 32.4 Å². The third-order valence-corrected chi connectivity index (χ3v) is 3.67. The monoisotopic (exact) mass is 318 g/mol. The SMILES string of the molecule is Cc1cc(-c2ccc(OC[C@H](C)CC(C)C)c(Cl)n2)ccn1. The number of aromatic nitrogens is 2. The van der Waals surface area contributed by atoms with Gasteiger partial charge in [0, 0.05) is 17.5 Å². The van der Waals surface area contributed by atoms with E-state index in [1.54, 1.807) is 6.20 Å². The van der Waals surface area contributed by atoms with Gasteiger partial charge in [0.1, 0.15) is 0 Å². The first kappa shape index (κ1) is 16.8. The Labute approximate surface area is 137 Å². The van der Waals surface area contributed by atoms with E-state index in [1.807, 2.05) is 31.2 Å². The molecule has 0 aromatic carbocycles. The van der Waals surface area contributed by atoms with Crippen molar-refractivity contribution in [2.24, 2.45) is 11.8 Å². The first-order valence-corrected chi connectivity index (χ1v) is 8.06. The molecular formula is C18H23ClN2O. The average molecular weight is 319 g/mol. The Bertz CT molecular complexity index is 628. The van der Waals surface area contributed by atoms with Crippen LogP contribution in [0.5, 0.6) is 5.75 Å². The molecule has 0 unspecified atom stereocenters. The fourth-order valence-corrected chi connectivity index (χ4v) is 2.71. The topological polar surface area (TPSA) is 35.0 Å². The van der Waals surface area contributed by atoms with Crippen molar-refractivity contribution in [3.8, 4) is 17.0 Å². The predicted molar refractivity (Wildman–Crippen MR) is 91.3 cm³/mol. The number of pyridine rings is 2. The van der Waals surface area contributed by atoms with E-state index in [-0.39, 0.29) is 0 Å². The van der Waals surface area contributed by atoms with Crippen molar-refractivity contribution in [3.05, 3.63) is 41.3 Å². The molecule has 118 valence electrons. The van der Waals surface area contributed by atoms with Gasteiger partial charge in [-0.15, -0.1) is 0 Å². The lowest BCUT2D eigenvalue weighted by Gasteiger charge is -2.15. The molecule has 0 aliphatic rings. The highest BCUT2D eigenvalue weighted by molar-refractivity contribution is 6.30. The van der Waals surface area contributed by atoms with E-state index in [2.05, 4.69) is 30.7 Å². The lowest BCUT2D eigenvalue weighted by atomic mass is 10.00. The van der Waals surface area contributed by atoms with Gasteiger partial charge < -0.3 is 4.74 Å². The van der Waals surface area contributed by atoms with Crippen molar-refractivity contribution >= 4 is 11.6 Å². The molecule has 2 heterocycles. The van der Waals surface area contributed by atoms with Gasteiger partial charge in [-0.05, 0) is 49.4 Å². The van der Waals surface area contributed by atoms with Crippen LogP contribution in [0.15, 0.2) is 30.5 Å². The zero-order valence-electron chi connectivity index (χ0n) is 13.6. The van der Waals surface area contributed by atoms with E-state index in [9.17, 15) is 0 Å². The highest BCUT2D eigenvalue weighted by atomic mass is 35.5. The van der Waals surface area contributed by atoms with Crippen LogP contribution in [-0.2, 0) is 0 Å². The van der Waals surface area contributed by atoms with Gasteiger partial charge >= 0.3 is 0 Å². The summed E-state index contributed by atoms with van der Waals surface area (Å²) in [6.07, 6.45) is 2.91. The zero-order valence-corrected chi connectivity index (χ0v) is 14.4. The van der Waals surface area contributed by atoms with Crippen LogP contribution in [-0.4, -0.2) is 16.6 Å². The predicted octanol–water partition coefficient (Wildman–Crippen LogP) is 5.17. The smallest absolute Gasteiger partial charge is 0.171 e. The lowest BCUT2D eigenvalue weighted by Crippen LogP contribution is -2.11. The number of halogens is 1. The first-order chi connectivity index (χ1) is 10.5. The standard InChI is InChI=1S/C18H23ClN2O/c1-12(2)9-13(3)11-22-17-6-5-16(21-18(17)19)15-7-8-20-14(4)10-15/h5-8,10,12-13H,9,11H2,1-4H3/t13-/m1/s1. The number of nitrogens with zero attached hydrogens (tertiary/aromatic N) is 2. The summed E-state index contributed by atoms with van der Waals surface area (Å²) in [5.41, 5.74) is 2.80. The zero-order chi connectivity index (χ0) is 16.1. The van der Waals surface area contributed by atoms with E-state index in [1.165, 1.54) is 0 Å². The van der Waals surface area contributed by atoms with Crippen LogP contribution in [0.2, 0.25) is 5.15 Å². The fourth-order valence-electron chi connectivity index (χ4n) is 2.50. The Morgan fingerprint density at radius 1 is 1.18 bits per heavy atom. The van der Waals surface area contributed by atoms with E-state index < -0.39 is 0 Å². The molecule has 0 aliphatic carbocycles. The summed E-state index contributed by atoms with van der Waals surface area (Å²) in [6, 6.07) is 7.74. The molecule has 2 aromatic rings. The Kier molecular flexibility index (Phi) is 5.78. The minimum atomic E-state index is 0.406. The first-order valence-electron chi connectivity index (χ1n) is 7.68. The second kappa shape index (κ2) is 7.59. The maximum absolute atomic E-state index is 6.26. The molecule has 0 fully saturated rings. The van der Waals surface area contributed by atoms with Crippen LogP contribution >= 0.6 is 11.6 Å². The molecule has 4 heteroatoms. The summed E-state index contributed by atoms with van der Waals surface area (Å²) < 4.78 is 5.81. The van der Waals surface area contributed by atoms with Crippen molar-refractivity contribution in [2.45, 2.75) is 34.1 Å². The number of ether oxygens (including phenoxy) is 1. The molecule has 0 amide bonds. The number of hydrogen-bond acceptors (Lipinski definition) is 3. The molecule has 2 rings (SSSR count). The molecule has 0 radical (unpaired) electrons. The minimum absolute atomic E-state index is 0.406. The Morgan fingerprint density at radius 2 is 1.95 bits per heavy atom. The van der Waals surface area contributed by atoms with Gasteiger partial charge in [0.2, 0.25) is 0 Å². The Morgan fingerprint density at radius 3 is 2.59 bits per heavy atom. The minimum Gasteiger partial charge on any atom is -0.490 e. The molecule has 0 spiro atoms. The molecule has 0 saturated heterocycles. The van der Waals surface area contributed by atoms with Crippen LogP contribution in [0.1, 0.15) is 32.9 Å². The van der Waals surface area contributed by atoms with E-state index >= 15 is 0 Å². The van der Waals surface area contributed by atoms with Gasteiger partial charge in [-0.25, -0.2) is 4.98 Å². The fraction of sp³-hybridized carbons (Fsp3) is 0.444. The quantitative estimate of drug-likeness (QED) is 0.689. The molecule has 0 bridgehead atoms. The van der Waals surface area contributed by atoms with E-state index in [4.69, 9.17) is 16.3 Å². The average Bonchev–Trinajstić information content (AvgIpc) is 2.45. The van der Waals surface area contributed by atoms with Gasteiger partial charge in [0.15, 0.2) is 10.9 Å². The third kappa shape index (κ3) is 4.70. The summed E-state index contributed by atoms with van der Waals surface area (Å²) in [6.45, 7) is 9.24. The summed E-state index contributed by atoms with van der Waals surface area (Å²) in [5, 5.41) is 0.406. The molecule has 0 saturated carbocycles. The van der Waals surface area contributed by atoms with Gasteiger partial charge in [0.25, 0.3) is 0 Å². The largest absolute Gasteiger partial charge is 0.490 e. The number of rotatable bonds is 6. The second-order valence-corrected chi connectivity index (χ2v) is 6.58. The maximum Gasteiger partial charge on any atom is 0.171 e. The van der Waals surface area contributed by atoms with Gasteiger partial charge in [-0.3, -0.25) is 4.98 Å². The molecule has 3 nitrogen and oxygen atoms in total. The summed E-state index contributed by atoms with van der Waals surface area (Å²) >= 11 is 6.26. The summed E-state index contributed by atoms with van der Waals surface area (Å²) in [5.74, 6) is 1.81. The van der Waals surface area contributed by atoms with E-state index in [0.29, 0.717) is 29.3 Å². The molecule has 22 heavy (non-hydrogen) atoms. The van der Waals surface area contributed by atoms with Crippen LogP contribution in [0.3, 0.4) is 0 Å². The number of aryl methyl sites for hydroxylation is 1. The van der Waals surface area contributed by atoms with Crippen molar-refractivity contribution in [3.63, 3.8) is 0 Å². The highest BCUT2D eigenvalue weighted by Gasteiger charge is 2.10. The lowest BCUT2D eigenvalue weighted by molar-refractivity contribution is 0.238. The van der Waals surface area contributed by atoms with Crippen LogP contribution in [0.25, 0.3) is 11.3 Å². The Balaban J connectivity index is 2.07. The normalized spacial score (nSPS) is 12.5. The van der Waals surface area contributed by atoms with Gasteiger partial charge in [0.05, 0.1) is 12.3 Å². The van der Waals surface area contributed by atoms with Crippen LogP contribution < -0.4 is 4.74 Å². The molecule has 2 aromatic heterocycles.